The summed E-state index contributed by atoms with van der Waals surface area (Å²) in [6.07, 6.45) is 8.64. The van der Waals surface area contributed by atoms with Crippen molar-refractivity contribution in [1.29, 1.82) is 0 Å². The topological polar surface area (TPSA) is 37.4 Å². The fraction of sp³-hybridized carbons (Fsp3) is 0.625. The minimum absolute atomic E-state index is 0.194. The van der Waals surface area contributed by atoms with Crippen LogP contribution in [0.4, 0.5) is 0 Å². The first kappa shape index (κ1) is 14.0. The highest BCUT2D eigenvalue weighted by molar-refractivity contribution is 5.98. The molecule has 0 saturated heterocycles. The highest BCUT2D eigenvalue weighted by Crippen LogP contribution is 2.29. The van der Waals surface area contributed by atoms with Gasteiger partial charge in [-0.05, 0) is 36.7 Å². The van der Waals surface area contributed by atoms with E-state index in [1.807, 2.05) is 4.90 Å². The van der Waals surface area contributed by atoms with Crippen molar-refractivity contribution >= 4 is 12.2 Å². The van der Waals surface area contributed by atoms with Crippen LogP contribution >= 0.6 is 0 Å². The summed E-state index contributed by atoms with van der Waals surface area (Å²) >= 11 is 0. The van der Waals surface area contributed by atoms with E-state index in [4.69, 9.17) is 0 Å². The molecule has 1 atom stereocenters. The predicted molar refractivity (Wildman–Crippen MR) is 75.6 cm³/mol. The maximum absolute atomic E-state index is 12.3. The number of rotatable bonds is 6. The van der Waals surface area contributed by atoms with Crippen LogP contribution in [0.25, 0.3) is 0 Å². The summed E-state index contributed by atoms with van der Waals surface area (Å²) in [6.45, 7) is 5.78. The molecular formula is C16H23NO2. The lowest BCUT2D eigenvalue weighted by Crippen LogP contribution is -2.33. The maximum atomic E-state index is 12.3. The molecule has 0 N–H and O–H groups in total. The van der Waals surface area contributed by atoms with E-state index in [0.717, 1.165) is 44.2 Å². The Morgan fingerprint density at radius 1 is 1.42 bits per heavy atom. The second kappa shape index (κ2) is 6.18. The first-order valence-corrected chi connectivity index (χ1v) is 7.23. The molecule has 0 aromatic carbocycles. The molecule has 0 bridgehead atoms. The smallest absolute Gasteiger partial charge is 0.250 e. The Hall–Kier alpha value is -1.38. The molecule has 1 aliphatic heterocycles. The molecule has 2 aliphatic rings. The Kier molecular flexibility index (Phi) is 4.56. The van der Waals surface area contributed by atoms with Gasteiger partial charge in [0.2, 0.25) is 5.91 Å². The van der Waals surface area contributed by atoms with Gasteiger partial charge in [-0.25, -0.2) is 0 Å². The second-order valence-corrected chi connectivity index (χ2v) is 6.03. The van der Waals surface area contributed by atoms with E-state index in [9.17, 15) is 9.59 Å². The molecule has 1 heterocycles. The predicted octanol–water partition coefficient (Wildman–Crippen LogP) is 2.73. The molecule has 104 valence electrons. The van der Waals surface area contributed by atoms with Crippen LogP contribution in [0.5, 0.6) is 0 Å². The number of allylic oxidation sites excluding steroid dienone is 1. The first-order chi connectivity index (χ1) is 9.11. The van der Waals surface area contributed by atoms with Crippen molar-refractivity contribution in [1.82, 2.24) is 4.90 Å². The van der Waals surface area contributed by atoms with Gasteiger partial charge in [0.15, 0.2) is 0 Å². The highest BCUT2D eigenvalue weighted by atomic mass is 16.2. The minimum atomic E-state index is 0.194. The maximum Gasteiger partial charge on any atom is 0.250 e. The van der Waals surface area contributed by atoms with Crippen LogP contribution in [0.1, 0.15) is 39.5 Å². The fourth-order valence-corrected chi connectivity index (χ4v) is 3.08. The van der Waals surface area contributed by atoms with E-state index in [2.05, 4.69) is 26.0 Å². The van der Waals surface area contributed by atoms with E-state index in [1.165, 1.54) is 5.57 Å². The van der Waals surface area contributed by atoms with E-state index in [0.29, 0.717) is 18.3 Å². The third kappa shape index (κ3) is 3.34. The van der Waals surface area contributed by atoms with Gasteiger partial charge in [-0.3, -0.25) is 4.79 Å². The van der Waals surface area contributed by atoms with E-state index >= 15 is 0 Å². The summed E-state index contributed by atoms with van der Waals surface area (Å²) in [6, 6.07) is 0. The van der Waals surface area contributed by atoms with Crippen molar-refractivity contribution < 1.29 is 9.59 Å². The van der Waals surface area contributed by atoms with Gasteiger partial charge in [0, 0.05) is 25.1 Å². The average Bonchev–Trinajstić information content (AvgIpc) is 2.67. The number of carbonyl (C=O) groups excluding carboxylic acids is 2. The summed E-state index contributed by atoms with van der Waals surface area (Å²) in [5.74, 6) is 1.05. The third-order valence-corrected chi connectivity index (χ3v) is 3.89. The van der Waals surface area contributed by atoms with Crippen molar-refractivity contribution in [2.75, 3.05) is 13.1 Å². The van der Waals surface area contributed by atoms with E-state index < -0.39 is 0 Å². The Labute approximate surface area is 115 Å². The molecule has 0 aromatic rings. The SMILES string of the molecule is CC(C)CC(CC=O)CN1CC2=C(CCC=C2)C1=O. The Balaban J connectivity index is 1.98. The van der Waals surface area contributed by atoms with Gasteiger partial charge in [0.05, 0.1) is 0 Å². The summed E-state index contributed by atoms with van der Waals surface area (Å²) < 4.78 is 0. The number of aldehydes is 1. The average molecular weight is 261 g/mol. The Morgan fingerprint density at radius 3 is 2.84 bits per heavy atom. The minimum Gasteiger partial charge on any atom is -0.334 e. The van der Waals surface area contributed by atoms with Crippen molar-refractivity contribution in [3.63, 3.8) is 0 Å². The van der Waals surface area contributed by atoms with Crippen molar-refractivity contribution in [3.8, 4) is 0 Å². The van der Waals surface area contributed by atoms with Crippen LogP contribution in [0.15, 0.2) is 23.3 Å². The fourth-order valence-electron chi connectivity index (χ4n) is 3.08. The zero-order chi connectivity index (χ0) is 13.8. The third-order valence-electron chi connectivity index (χ3n) is 3.89. The summed E-state index contributed by atoms with van der Waals surface area (Å²) in [7, 11) is 0. The first-order valence-electron chi connectivity index (χ1n) is 7.23. The van der Waals surface area contributed by atoms with Gasteiger partial charge in [0.25, 0.3) is 0 Å². The van der Waals surface area contributed by atoms with Crippen molar-refractivity contribution in [2.45, 2.75) is 39.5 Å². The molecule has 0 fully saturated rings. The second-order valence-electron chi connectivity index (χ2n) is 6.03. The van der Waals surface area contributed by atoms with Crippen LogP contribution < -0.4 is 0 Å². The van der Waals surface area contributed by atoms with Crippen molar-refractivity contribution in [3.05, 3.63) is 23.3 Å². The standard InChI is InChI=1S/C16H23NO2/c1-12(2)9-13(7-8-18)10-17-11-14-5-3-4-6-15(14)16(17)19/h3,5,8,12-13H,4,6-7,9-11H2,1-2H3. The van der Waals surface area contributed by atoms with Crippen LogP contribution in [0.2, 0.25) is 0 Å². The summed E-state index contributed by atoms with van der Waals surface area (Å²) in [5.41, 5.74) is 2.18. The molecule has 1 amide bonds. The largest absolute Gasteiger partial charge is 0.334 e. The molecule has 19 heavy (non-hydrogen) atoms. The van der Waals surface area contributed by atoms with Crippen molar-refractivity contribution in [2.24, 2.45) is 11.8 Å². The van der Waals surface area contributed by atoms with Gasteiger partial charge in [-0.2, -0.15) is 0 Å². The van der Waals surface area contributed by atoms with E-state index in [-0.39, 0.29) is 5.91 Å². The molecule has 0 aromatic heterocycles. The molecule has 1 unspecified atom stereocenters. The number of nitrogens with zero attached hydrogens (tertiary/aromatic N) is 1. The van der Waals surface area contributed by atoms with Crippen LogP contribution in [0.3, 0.4) is 0 Å². The normalized spacial score (nSPS) is 20.2. The molecule has 0 radical (unpaired) electrons. The number of carbonyl (C=O) groups is 2. The summed E-state index contributed by atoms with van der Waals surface area (Å²) in [4.78, 5) is 25.0. The summed E-state index contributed by atoms with van der Waals surface area (Å²) in [5, 5.41) is 0. The van der Waals surface area contributed by atoms with Crippen LogP contribution in [-0.4, -0.2) is 30.2 Å². The van der Waals surface area contributed by atoms with Gasteiger partial charge >= 0.3 is 0 Å². The Morgan fingerprint density at radius 2 is 2.21 bits per heavy atom. The molecule has 2 rings (SSSR count). The highest BCUT2D eigenvalue weighted by Gasteiger charge is 2.31. The lowest BCUT2D eigenvalue weighted by molar-refractivity contribution is -0.126. The van der Waals surface area contributed by atoms with Gasteiger partial charge in [0.1, 0.15) is 6.29 Å². The number of hydrogen-bond donors (Lipinski definition) is 0. The molecule has 0 saturated carbocycles. The molecule has 0 spiro atoms. The Bertz CT molecular complexity index is 420. The molecule has 3 heteroatoms. The lowest BCUT2D eigenvalue weighted by atomic mass is 9.94. The van der Waals surface area contributed by atoms with E-state index in [1.54, 1.807) is 0 Å². The molecular weight excluding hydrogens is 238 g/mol. The van der Waals surface area contributed by atoms with Crippen LogP contribution in [0, 0.1) is 11.8 Å². The zero-order valence-electron chi connectivity index (χ0n) is 11.9. The van der Waals surface area contributed by atoms with Gasteiger partial charge in [-0.15, -0.1) is 0 Å². The van der Waals surface area contributed by atoms with Crippen LogP contribution in [-0.2, 0) is 9.59 Å². The van der Waals surface area contributed by atoms with Gasteiger partial charge < -0.3 is 9.69 Å². The molecule has 3 nitrogen and oxygen atoms in total. The zero-order valence-corrected chi connectivity index (χ0v) is 11.9. The molecule has 1 aliphatic carbocycles. The lowest BCUT2D eigenvalue weighted by Gasteiger charge is -2.24. The number of amides is 1. The number of hydrogen-bond acceptors (Lipinski definition) is 2. The monoisotopic (exact) mass is 261 g/mol. The quantitative estimate of drug-likeness (QED) is 0.689. The van der Waals surface area contributed by atoms with Gasteiger partial charge in [-0.1, -0.05) is 26.0 Å².